The molecule has 1 fully saturated rings. The molecule has 16 heavy (non-hydrogen) atoms. The van der Waals surface area contributed by atoms with Gasteiger partial charge in [0.25, 0.3) is 0 Å². The molecule has 2 unspecified atom stereocenters. The van der Waals surface area contributed by atoms with E-state index in [1.165, 1.54) is 0 Å². The lowest BCUT2D eigenvalue weighted by atomic mass is 10.1. The number of rotatable bonds is 5. The molecule has 1 saturated heterocycles. The van der Waals surface area contributed by atoms with Crippen molar-refractivity contribution in [1.29, 1.82) is 0 Å². The fourth-order valence-corrected chi connectivity index (χ4v) is 1.68. The van der Waals surface area contributed by atoms with Crippen LogP contribution >= 0.6 is 0 Å². The van der Waals surface area contributed by atoms with Crippen LogP contribution in [0.25, 0.3) is 0 Å². The predicted octanol–water partition coefficient (Wildman–Crippen LogP) is 0.0542. The Morgan fingerprint density at radius 1 is 1.75 bits per heavy atom. The molecule has 0 aromatic heterocycles. The van der Waals surface area contributed by atoms with Crippen LogP contribution in [0.3, 0.4) is 0 Å². The van der Waals surface area contributed by atoms with E-state index < -0.39 is 0 Å². The zero-order chi connectivity index (χ0) is 12.0. The molecule has 0 spiro atoms. The maximum atomic E-state index is 11.8. The Bertz CT molecular complexity index is 262. The van der Waals surface area contributed by atoms with Crippen LogP contribution in [0.4, 0.5) is 0 Å². The summed E-state index contributed by atoms with van der Waals surface area (Å²) in [6.07, 6.45) is 2.25. The summed E-state index contributed by atoms with van der Waals surface area (Å²) in [5.41, 5.74) is 5.50. The van der Waals surface area contributed by atoms with Gasteiger partial charge in [0.15, 0.2) is 5.84 Å². The minimum Gasteiger partial charge on any atom is -0.409 e. The molecule has 92 valence electrons. The topological polar surface area (TPSA) is 96.9 Å². The summed E-state index contributed by atoms with van der Waals surface area (Å²) in [6, 6.07) is -0.386. The van der Waals surface area contributed by atoms with E-state index in [4.69, 9.17) is 15.7 Å². The second-order valence-electron chi connectivity index (χ2n) is 3.94. The highest BCUT2D eigenvalue weighted by Crippen LogP contribution is 2.12. The Morgan fingerprint density at radius 3 is 3.00 bits per heavy atom. The number of amidine groups is 1. The van der Waals surface area contributed by atoms with Crippen molar-refractivity contribution >= 4 is 11.7 Å². The van der Waals surface area contributed by atoms with Crippen molar-refractivity contribution in [2.24, 2.45) is 16.8 Å². The maximum Gasteiger partial charge on any atom is 0.226 e. The molecule has 1 amide bonds. The Balaban J connectivity index is 2.50. The number of hydrogen-bond acceptors (Lipinski definition) is 4. The monoisotopic (exact) mass is 229 g/mol. The molecule has 0 aliphatic carbocycles. The van der Waals surface area contributed by atoms with Crippen LogP contribution in [-0.4, -0.2) is 36.2 Å². The number of nitrogens with one attached hydrogen (secondary N) is 1. The van der Waals surface area contributed by atoms with Crippen molar-refractivity contribution in [2.75, 3.05) is 13.2 Å². The smallest absolute Gasteiger partial charge is 0.226 e. The SMILES string of the molecule is CCCC(NC(=O)C1CCOC1)C(N)=NO. The molecule has 1 rings (SSSR count). The standard InChI is InChI=1S/C10H19N3O3/c1-2-3-8(9(11)13-15)12-10(14)7-4-5-16-6-7/h7-8,15H,2-6H2,1H3,(H2,11,13)(H,12,14). The first-order valence-electron chi connectivity index (χ1n) is 5.54. The lowest BCUT2D eigenvalue weighted by molar-refractivity contribution is -0.125. The lowest BCUT2D eigenvalue weighted by Crippen LogP contribution is -2.46. The van der Waals surface area contributed by atoms with E-state index in [2.05, 4.69) is 10.5 Å². The lowest BCUT2D eigenvalue weighted by Gasteiger charge is -2.18. The second-order valence-corrected chi connectivity index (χ2v) is 3.94. The van der Waals surface area contributed by atoms with E-state index in [0.29, 0.717) is 19.6 Å². The van der Waals surface area contributed by atoms with Crippen LogP contribution in [-0.2, 0) is 9.53 Å². The Labute approximate surface area is 94.8 Å². The normalized spacial score (nSPS) is 23.1. The van der Waals surface area contributed by atoms with Crippen LogP contribution in [0.5, 0.6) is 0 Å². The van der Waals surface area contributed by atoms with Crippen molar-refractivity contribution in [3.8, 4) is 0 Å². The van der Waals surface area contributed by atoms with Crippen molar-refractivity contribution < 1.29 is 14.7 Å². The van der Waals surface area contributed by atoms with Crippen molar-refractivity contribution in [1.82, 2.24) is 5.32 Å². The average molecular weight is 229 g/mol. The summed E-state index contributed by atoms with van der Waals surface area (Å²) in [6.45, 7) is 3.06. The van der Waals surface area contributed by atoms with E-state index >= 15 is 0 Å². The third-order valence-corrected chi connectivity index (χ3v) is 2.67. The van der Waals surface area contributed by atoms with Gasteiger partial charge in [-0.2, -0.15) is 0 Å². The molecule has 1 aliphatic rings. The fraction of sp³-hybridized carbons (Fsp3) is 0.800. The zero-order valence-electron chi connectivity index (χ0n) is 9.48. The van der Waals surface area contributed by atoms with Gasteiger partial charge in [0.2, 0.25) is 5.91 Å². The number of hydrogen-bond donors (Lipinski definition) is 3. The molecule has 1 aliphatic heterocycles. The minimum absolute atomic E-state index is 0.0501. The van der Waals surface area contributed by atoms with E-state index in [1.807, 2.05) is 6.92 Å². The second kappa shape index (κ2) is 6.32. The average Bonchev–Trinajstić information content (AvgIpc) is 2.80. The molecular weight excluding hydrogens is 210 g/mol. The zero-order valence-corrected chi connectivity index (χ0v) is 9.48. The van der Waals surface area contributed by atoms with Gasteiger partial charge < -0.3 is 21.0 Å². The van der Waals surface area contributed by atoms with Gasteiger partial charge in [0, 0.05) is 6.61 Å². The Kier molecular flexibility index (Phi) is 5.04. The quantitative estimate of drug-likeness (QED) is 0.269. The van der Waals surface area contributed by atoms with Crippen LogP contribution in [0.1, 0.15) is 26.2 Å². The minimum atomic E-state index is -0.386. The first-order valence-corrected chi connectivity index (χ1v) is 5.54. The molecule has 0 saturated carbocycles. The molecule has 4 N–H and O–H groups in total. The fourth-order valence-electron chi connectivity index (χ4n) is 1.68. The van der Waals surface area contributed by atoms with Crippen molar-refractivity contribution in [3.63, 3.8) is 0 Å². The largest absolute Gasteiger partial charge is 0.409 e. The van der Waals surface area contributed by atoms with Crippen LogP contribution in [0.2, 0.25) is 0 Å². The third kappa shape index (κ3) is 3.37. The number of oxime groups is 1. The molecule has 6 heteroatoms. The Morgan fingerprint density at radius 2 is 2.50 bits per heavy atom. The van der Waals surface area contributed by atoms with Crippen LogP contribution < -0.4 is 11.1 Å². The Hall–Kier alpha value is -1.30. The van der Waals surface area contributed by atoms with Gasteiger partial charge in [0.05, 0.1) is 18.6 Å². The summed E-state index contributed by atoms with van der Waals surface area (Å²) < 4.78 is 5.13. The molecule has 2 atom stereocenters. The molecule has 0 bridgehead atoms. The number of amides is 1. The first kappa shape index (κ1) is 12.8. The first-order chi connectivity index (χ1) is 7.69. The molecule has 1 heterocycles. The van der Waals surface area contributed by atoms with Gasteiger partial charge in [-0.05, 0) is 12.8 Å². The number of nitrogens with two attached hydrogens (primary N) is 1. The highest BCUT2D eigenvalue weighted by molar-refractivity contribution is 5.90. The summed E-state index contributed by atoms with van der Waals surface area (Å²) in [5, 5.41) is 14.3. The number of carbonyl (C=O) groups excluding carboxylic acids is 1. The summed E-state index contributed by atoms with van der Waals surface area (Å²) in [5.74, 6) is -0.137. The van der Waals surface area contributed by atoms with Crippen LogP contribution in [0.15, 0.2) is 5.16 Å². The van der Waals surface area contributed by atoms with Gasteiger partial charge in [-0.15, -0.1) is 0 Å². The molecule has 0 aromatic carbocycles. The van der Waals surface area contributed by atoms with Crippen LogP contribution in [0, 0.1) is 5.92 Å². The molecule has 6 nitrogen and oxygen atoms in total. The predicted molar refractivity (Wildman–Crippen MR) is 59.2 cm³/mol. The van der Waals surface area contributed by atoms with Crippen molar-refractivity contribution in [2.45, 2.75) is 32.2 Å². The molecular formula is C10H19N3O3. The maximum absolute atomic E-state index is 11.8. The van der Waals surface area contributed by atoms with Gasteiger partial charge in [-0.1, -0.05) is 18.5 Å². The molecule has 0 radical (unpaired) electrons. The van der Waals surface area contributed by atoms with Gasteiger partial charge in [0.1, 0.15) is 0 Å². The number of carbonyl (C=O) groups is 1. The summed E-state index contributed by atoms with van der Waals surface area (Å²) in [4.78, 5) is 11.8. The van der Waals surface area contributed by atoms with E-state index in [-0.39, 0.29) is 23.7 Å². The van der Waals surface area contributed by atoms with Gasteiger partial charge >= 0.3 is 0 Å². The van der Waals surface area contributed by atoms with Gasteiger partial charge in [-0.3, -0.25) is 4.79 Å². The third-order valence-electron chi connectivity index (χ3n) is 2.67. The highest BCUT2D eigenvalue weighted by atomic mass is 16.5. The summed E-state index contributed by atoms with van der Waals surface area (Å²) in [7, 11) is 0. The summed E-state index contributed by atoms with van der Waals surface area (Å²) >= 11 is 0. The molecule has 0 aromatic rings. The van der Waals surface area contributed by atoms with Crippen molar-refractivity contribution in [3.05, 3.63) is 0 Å². The van der Waals surface area contributed by atoms with E-state index in [0.717, 1.165) is 12.8 Å². The number of nitrogens with zero attached hydrogens (tertiary/aromatic N) is 1. The number of ether oxygens (including phenoxy) is 1. The van der Waals surface area contributed by atoms with E-state index in [9.17, 15) is 4.79 Å². The van der Waals surface area contributed by atoms with Gasteiger partial charge in [-0.25, -0.2) is 0 Å². The highest BCUT2D eigenvalue weighted by Gasteiger charge is 2.26. The van der Waals surface area contributed by atoms with E-state index in [1.54, 1.807) is 0 Å².